The van der Waals surface area contributed by atoms with Gasteiger partial charge in [0.05, 0.1) is 52.3 Å². The molecule has 4 rings (SSSR count). The monoisotopic (exact) mass is 846 g/mol. The van der Waals surface area contributed by atoms with Crippen molar-refractivity contribution in [1.29, 1.82) is 0 Å². The molecule has 1 unspecified atom stereocenters. The van der Waals surface area contributed by atoms with Crippen LogP contribution in [0.4, 0.5) is 5.69 Å². The summed E-state index contributed by atoms with van der Waals surface area (Å²) in [6.07, 6.45) is 5.19. The van der Waals surface area contributed by atoms with Gasteiger partial charge in [-0.1, -0.05) is 38.0 Å². The van der Waals surface area contributed by atoms with Crippen molar-refractivity contribution in [3.05, 3.63) is 71.6 Å². The van der Waals surface area contributed by atoms with Gasteiger partial charge in [-0.25, -0.2) is 4.58 Å². The molecule has 0 saturated heterocycles. The zero-order valence-corrected chi connectivity index (χ0v) is 38.0. The molecule has 0 spiro atoms. The Morgan fingerprint density at radius 1 is 0.817 bits per heavy atom. The lowest BCUT2D eigenvalue weighted by Crippen LogP contribution is -3.00. The maximum Gasteiger partial charge on any atom is 0.255 e. The van der Waals surface area contributed by atoms with E-state index in [4.69, 9.17) is 29.8 Å². The van der Waals surface area contributed by atoms with Crippen LogP contribution in [0.5, 0.6) is 0 Å². The van der Waals surface area contributed by atoms with Crippen LogP contribution in [0.25, 0.3) is 33.4 Å². The predicted molar refractivity (Wildman–Crippen MR) is 238 cm³/mol. The molecule has 0 fully saturated rings. The predicted octanol–water partition coefficient (Wildman–Crippen LogP) is 3.95. The van der Waals surface area contributed by atoms with Crippen molar-refractivity contribution in [2.45, 2.75) is 73.9 Å². The number of terminal acetylenes is 1. The first-order valence-electron chi connectivity index (χ1n) is 21.2. The third-order valence-electron chi connectivity index (χ3n) is 10.1. The first kappa shape index (κ1) is 49.9. The quantitative estimate of drug-likeness (QED) is 0.0519. The second-order valence-electron chi connectivity index (χ2n) is 15.7. The Labute approximate surface area is 364 Å². The highest BCUT2D eigenvalue weighted by Crippen LogP contribution is 2.42. The van der Waals surface area contributed by atoms with E-state index in [0.717, 1.165) is 70.6 Å². The fraction of sp³-hybridized carbons (Fsp3) is 0.521. The standard InChI is InChI=1S/C48H66N4O7.ClH/c1-11-25-55-27-29-57-31-32-58-30-28-56-26-24-52(45(35(6)7)46(53)49-48(8,9)10)47(54)39-19-17-16-18-38(39)44-40-22-20-36(50(12-2)13-3)33-42(40)59-43-34-37(21-23-41(43)44)51(14-4)15-5;/h1,16-23,33-35,45H,12-15,24-32H2,2-10H3;1H. The van der Waals surface area contributed by atoms with Crippen LogP contribution in [0.15, 0.2) is 65.1 Å². The van der Waals surface area contributed by atoms with E-state index in [-0.39, 0.29) is 49.9 Å². The molecule has 2 amide bonds. The second kappa shape index (κ2) is 24.7. The van der Waals surface area contributed by atoms with Crippen molar-refractivity contribution >= 4 is 28.5 Å². The Kier molecular flexibility index (Phi) is 20.6. The Hall–Kier alpha value is -4.44. The molecule has 0 bridgehead atoms. The van der Waals surface area contributed by atoms with Gasteiger partial charge in [-0.2, -0.15) is 0 Å². The van der Waals surface area contributed by atoms with Crippen molar-refractivity contribution in [3.8, 4) is 34.8 Å². The molecule has 1 aliphatic heterocycles. The molecular formula is C48H67ClN4O7. The van der Waals surface area contributed by atoms with E-state index in [0.29, 0.717) is 45.2 Å². The van der Waals surface area contributed by atoms with E-state index in [9.17, 15) is 4.79 Å². The number of anilines is 1. The molecule has 1 atom stereocenters. The molecule has 60 heavy (non-hydrogen) atoms. The Morgan fingerprint density at radius 3 is 2.02 bits per heavy atom. The number of halogens is 1. The summed E-state index contributed by atoms with van der Waals surface area (Å²) in [5.41, 5.74) is 4.35. The first-order valence-corrected chi connectivity index (χ1v) is 21.2. The van der Waals surface area contributed by atoms with Crippen LogP contribution in [-0.4, -0.2) is 114 Å². The molecule has 1 N–H and O–H groups in total. The normalized spacial score (nSPS) is 11.9. The summed E-state index contributed by atoms with van der Waals surface area (Å²) in [6, 6.07) is 19.6. The number of fused-ring (bicyclic) bond motifs is 2. The highest BCUT2D eigenvalue weighted by molar-refractivity contribution is 6.10. The zero-order valence-electron chi connectivity index (χ0n) is 37.3. The van der Waals surface area contributed by atoms with Crippen molar-refractivity contribution < 1.29 is 45.4 Å². The van der Waals surface area contributed by atoms with Gasteiger partial charge in [0, 0.05) is 65.1 Å². The number of hydrogen-bond acceptors (Lipinski definition) is 8. The molecule has 11 nitrogen and oxygen atoms in total. The fourth-order valence-corrected chi connectivity index (χ4v) is 7.34. The van der Waals surface area contributed by atoms with Crippen molar-refractivity contribution in [2.24, 2.45) is 5.92 Å². The Balaban J connectivity index is 0.00000961. The average molecular weight is 848 g/mol. The summed E-state index contributed by atoms with van der Waals surface area (Å²) in [6.45, 7) is 24.8. The lowest BCUT2D eigenvalue weighted by molar-refractivity contribution is -0.128. The minimum atomic E-state index is -0.760. The summed E-state index contributed by atoms with van der Waals surface area (Å²) in [5, 5.41) is 5.10. The zero-order chi connectivity index (χ0) is 43.0. The van der Waals surface area contributed by atoms with Gasteiger partial charge in [0.25, 0.3) is 5.91 Å². The summed E-state index contributed by atoms with van der Waals surface area (Å²) in [4.78, 5) is 33.3. The fourth-order valence-electron chi connectivity index (χ4n) is 7.34. The molecular weight excluding hydrogens is 780 g/mol. The molecule has 2 aliphatic rings. The summed E-state index contributed by atoms with van der Waals surface area (Å²) >= 11 is 0. The van der Waals surface area contributed by atoms with Crippen molar-refractivity contribution in [1.82, 2.24) is 14.8 Å². The summed E-state index contributed by atoms with van der Waals surface area (Å²) in [7, 11) is 0. The van der Waals surface area contributed by atoms with E-state index in [1.54, 1.807) is 4.90 Å². The van der Waals surface area contributed by atoms with E-state index >= 15 is 4.79 Å². The number of amides is 2. The van der Waals surface area contributed by atoms with Crippen LogP contribution >= 0.6 is 0 Å². The highest BCUT2D eigenvalue weighted by atomic mass is 35.5. The number of nitrogens with zero attached hydrogens (tertiary/aromatic N) is 3. The molecule has 2 aromatic carbocycles. The summed E-state index contributed by atoms with van der Waals surface area (Å²) in [5.74, 6) is 2.49. The van der Waals surface area contributed by atoms with Crippen LogP contribution in [-0.2, 0) is 23.7 Å². The maximum atomic E-state index is 15.2. The van der Waals surface area contributed by atoms with E-state index in [2.05, 4.69) is 84.8 Å². The third-order valence-corrected chi connectivity index (χ3v) is 10.1. The van der Waals surface area contributed by atoms with E-state index in [1.165, 1.54) is 0 Å². The van der Waals surface area contributed by atoms with Gasteiger partial charge in [-0.3, -0.25) is 9.59 Å². The molecule has 0 aromatic heterocycles. The Bertz CT molecular complexity index is 2040. The topological polar surface area (TPSA) is 106 Å². The minimum absolute atomic E-state index is 0. The maximum absolute atomic E-state index is 15.2. The number of nitrogens with one attached hydrogen (secondary N) is 1. The number of hydrogen-bond donors (Lipinski definition) is 1. The second-order valence-corrected chi connectivity index (χ2v) is 15.7. The molecule has 328 valence electrons. The van der Waals surface area contributed by atoms with Crippen LogP contribution in [0, 0.1) is 18.3 Å². The number of rotatable bonds is 23. The summed E-state index contributed by atoms with van der Waals surface area (Å²) < 4.78 is 31.4. The van der Waals surface area contributed by atoms with Crippen LogP contribution in [0.3, 0.4) is 0 Å². The molecule has 1 heterocycles. The Morgan fingerprint density at radius 2 is 1.43 bits per heavy atom. The largest absolute Gasteiger partial charge is 1.00 e. The van der Waals surface area contributed by atoms with Gasteiger partial charge in [-0.05, 0) is 84.2 Å². The van der Waals surface area contributed by atoms with Crippen LogP contribution in [0.1, 0.15) is 72.7 Å². The number of carbonyl (C=O) groups excluding carboxylic acids is 2. The highest BCUT2D eigenvalue weighted by Gasteiger charge is 2.36. The van der Waals surface area contributed by atoms with Gasteiger partial charge in [-0.15, -0.1) is 6.42 Å². The van der Waals surface area contributed by atoms with Crippen molar-refractivity contribution in [3.63, 3.8) is 0 Å². The van der Waals surface area contributed by atoms with Gasteiger partial charge < -0.3 is 50.9 Å². The lowest BCUT2D eigenvalue weighted by Gasteiger charge is -2.36. The van der Waals surface area contributed by atoms with Gasteiger partial charge in [0.2, 0.25) is 11.3 Å². The molecule has 2 aromatic rings. The van der Waals surface area contributed by atoms with Crippen LogP contribution < -0.4 is 32.6 Å². The SMILES string of the molecule is C#CCOCCOCCOCCOCCN(C(=O)c1ccccc1-c1c2ccc(=[N+](CC)CC)cc-2oc2cc(N(CC)CC)ccc12)C(C(=O)NC(C)(C)C)C(C)C.[Cl-]. The van der Waals surface area contributed by atoms with Crippen LogP contribution in [0.2, 0.25) is 0 Å². The number of benzene rings is 3. The third kappa shape index (κ3) is 13.5. The van der Waals surface area contributed by atoms with E-state index in [1.807, 2.05) is 58.9 Å². The van der Waals surface area contributed by atoms with E-state index < -0.39 is 11.6 Å². The lowest BCUT2D eigenvalue weighted by atomic mass is 9.89. The molecule has 1 aliphatic carbocycles. The average Bonchev–Trinajstić information content (AvgIpc) is 3.21. The van der Waals surface area contributed by atoms with Crippen molar-refractivity contribution in [2.75, 3.05) is 90.5 Å². The number of carbonyl (C=O) groups is 2. The first-order chi connectivity index (χ1) is 28.4. The van der Waals surface area contributed by atoms with Gasteiger partial charge in [0.1, 0.15) is 37.1 Å². The molecule has 0 saturated carbocycles. The number of ether oxygens (including phenoxy) is 4. The molecule has 0 radical (unpaired) electrons. The molecule has 12 heteroatoms. The van der Waals surface area contributed by atoms with Gasteiger partial charge >= 0.3 is 0 Å². The minimum Gasteiger partial charge on any atom is -1.00 e. The van der Waals surface area contributed by atoms with Gasteiger partial charge in [0.15, 0.2) is 0 Å². The smallest absolute Gasteiger partial charge is 0.255 e.